The number of amides is 1. The van der Waals surface area contributed by atoms with Gasteiger partial charge >= 0.3 is 0 Å². The van der Waals surface area contributed by atoms with Gasteiger partial charge in [0.25, 0.3) is 5.91 Å². The number of imidazole rings is 1. The lowest BCUT2D eigenvalue weighted by molar-refractivity contribution is 0.0945. The Bertz CT molecular complexity index is 950. The molecule has 0 spiro atoms. The summed E-state index contributed by atoms with van der Waals surface area (Å²) < 4.78 is 16.1. The first-order valence-electron chi connectivity index (χ1n) is 11.2. The molecule has 0 bridgehead atoms. The fourth-order valence-electron chi connectivity index (χ4n) is 3.81. The van der Waals surface area contributed by atoms with Crippen molar-refractivity contribution in [3.05, 3.63) is 65.7 Å². The Morgan fingerprint density at radius 3 is 2.37 bits per heavy atom. The molecular formula is C25H32FN3O. The molecule has 1 aromatic heterocycles. The van der Waals surface area contributed by atoms with Crippen LogP contribution in [-0.4, -0.2) is 15.5 Å². The lowest BCUT2D eigenvalue weighted by Crippen LogP contribution is -2.25. The maximum atomic E-state index is 13.9. The van der Waals surface area contributed by atoms with Crippen LogP contribution in [-0.2, 0) is 13.1 Å². The number of nitrogens with zero attached hydrogens (tertiary/aromatic N) is 2. The monoisotopic (exact) mass is 409 g/mol. The van der Waals surface area contributed by atoms with E-state index in [0.29, 0.717) is 0 Å². The van der Waals surface area contributed by atoms with Crippen LogP contribution in [0, 0.1) is 5.82 Å². The summed E-state index contributed by atoms with van der Waals surface area (Å²) in [4.78, 5) is 17.1. The van der Waals surface area contributed by atoms with Crippen LogP contribution in [0.2, 0.25) is 0 Å². The third-order valence-electron chi connectivity index (χ3n) is 5.49. The molecule has 1 amide bonds. The highest BCUT2D eigenvalue weighted by atomic mass is 19.1. The zero-order valence-corrected chi connectivity index (χ0v) is 17.9. The van der Waals surface area contributed by atoms with Gasteiger partial charge in [0, 0.05) is 6.54 Å². The van der Waals surface area contributed by atoms with Crippen molar-refractivity contribution in [1.29, 1.82) is 0 Å². The molecule has 3 aromatic rings. The number of fused-ring (bicyclic) bond motifs is 1. The van der Waals surface area contributed by atoms with Gasteiger partial charge < -0.3 is 9.88 Å². The van der Waals surface area contributed by atoms with Crippen LogP contribution in [0.4, 0.5) is 4.39 Å². The number of para-hydroxylation sites is 2. The lowest BCUT2D eigenvalue weighted by atomic mass is 10.1. The number of rotatable bonds is 12. The van der Waals surface area contributed by atoms with Crippen molar-refractivity contribution in [3.8, 4) is 0 Å². The van der Waals surface area contributed by atoms with E-state index in [-0.39, 0.29) is 12.1 Å². The first-order valence-corrected chi connectivity index (χ1v) is 11.2. The fourth-order valence-corrected chi connectivity index (χ4v) is 3.81. The molecule has 0 fully saturated rings. The third kappa shape index (κ3) is 5.91. The molecule has 3 rings (SSSR count). The molecule has 0 aliphatic rings. The quantitative estimate of drug-likeness (QED) is 0.360. The van der Waals surface area contributed by atoms with Gasteiger partial charge in [-0.25, -0.2) is 9.37 Å². The highest BCUT2D eigenvalue weighted by Crippen LogP contribution is 2.18. The van der Waals surface area contributed by atoms with Gasteiger partial charge in [-0.15, -0.1) is 0 Å². The van der Waals surface area contributed by atoms with E-state index >= 15 is 0 Å². The topological polar surface area (TPSA) is 46.9 Å². The molecule has 0 unspecified atom stereocenters. The molecule has 1 heterocycles. The summed E-state index contributed by atoms with van der Waals surface area (Å²) in [5, 5.41) is 2.83. The number of aryl methyl sites for hydroxylation is 1. The largest absolute Gasteiger partial charge is 0.345 e. The average Bonchev–Trinajstić information content (AvgIpc) is 3.12. The highest BCUT2D eigenvalue weighted by molar-refractivity contribution is 5.94. The van der Waals surface area contributed by atoms with Gasteiger partial charge in [0.05, 0.1) is 23.1 Å². The number of unbranched alkanes of at least 4 members (excludes halogenated alkanes) is 7. The maximum absolute atomic E-state index is 13.9. The highest BCUT2D eigenvalue weighted by Gasteiger charge is 2.14. The van der Waals surface area contributed by atoms with Crippen molar-refractivity contribution in [3.63, 3.8) is 0 Å². The van der Waals surface area contributed by atoms with Crippen LogP contribution >= 0.6 is 0 Å². The molecule has 5 heteroatoms. The molecule has 0 aliphatic heterocycles. The number of benzene rings is 2. The van der Waals surface area contributed by atoms with Crippen LogP contribution < -0.4 is 5.32 Å². The van der Waals surface area contributed by atoms with Gasteiger partial charge in [0.2, 0.25) is 0 Å². The van der Waals surface area contributed by atoms with E-state index in [4.69, 9.17) is 4.98 Å². The minimum atomic E-state index is -0.512. The van der Waals surface area contributed by atoms with Gasteiger partial charge in [-0.3, -0.25) is 4.79 Å². The van der Waals surface area contributed by atoms with Crippen molar-refractivity contribution in [1.82, 2.24) is 14.9 Å². The standard InChI is InChI=1S/C25H32FN3O/c1-2-3-4-5-6-7-8-13-18-29-23-17-12-11-16-22(23)28-24(29)19-27-25(30)20-14-9-10-15-21(20)26/h9-12,14-17H,2-8,13,18-19H2,1H3,(H,27,30). The number of hydrogen-bond donors (Lipinski definition) is 1. The maximum Gasteiger partial charge on any atom is 0.254 e. The average molecular weight is 410 g/mol. The lowest BCUT2D eigenvalue weighted by Gasteiger charge is -2.11. The summed E-state index contributed by atoms with van der Waals surface area (Å²) in [7, 11) is 0. The summed E-state index contributed by atoms with van der Waals surface area (Å²) in [6, 6.07) is 14.1. The molecule has 0 saturated carbocycles. The van der Waals surface area contributed by atoms with Crippen LogP contribution in [0.25, 0.3) is 11.0 Å². The minimum absolute atomic E-state index is 0.0586. The molecule has 0 aliphatic carbocycles. The molecule has 1 N–H and O–H groups in total. The van der Waals surface area contributed by atoms with Crippen LogP contribution in [0.15, 0.2) is 48.5 Å². The summed E-state index contributed by atoms with van der Waals surface area (Å²) in [6.45, 7) is 3.39. The van der Waals surface area contributed by atoms with E-state index < -0.39 is 11.7 Å². The smallest absolute Gasteiger partial charge is 0.254 e. The Morgan fingerprint density at radius 1 is 0.933 bits per heavy atom. The van der Waals surface area contributed by atoms with E-state index in [9.17, 15) is 9.18 Å². The van der Waals surface area contributed by atoms with E-state index in [2.05, 4.69) is 22.9 Å². The fraction of sp³-hybridized carbons (Fsp3) is 0.440. The summed E-state index contributed by atoms with van der Waals surface area (Å²) in [5.74, 6) is -0.120. The van der Waals surface area contributed by atoms with Crippen molar-refractivity contribution in [2.75, 3.05) is 0 Å². The zero-order chi connectivity index (χ0) is 21.2. The summed E-state index contributed by atoms with van der Waals surface area (Å²) >= 11 is 0. The number of nitrogens with one attached hydrogen (secondary N) is 1. The van der Waals surface area contributed by atoms with Gasteiger partial charge in [-0.05, 0) is 30.7 Å². The minimum Gasteiger partial charge on any atom is -0.345 e. The second-order valence-electron chi connectivity index (χ2n) is 7.81. The molecule has 2 aromatic carbocycles. The molecule has 0 radical (unpaired) electrons. The Hall–Kier alpha value is -2.69. The van der Waals surface area contributed by atoms with E-state index in [1.165, 1.54) is 57.1 Å². The molecule has 30 heavy (non-hydrogen) atoms. The van der Waals surface area contributed by atoms with E-state index in [1.54, 1.807) is 12.1 Å². The summed E-state index contributed by atoms with van der Waals surface area (Å²) in [5.41, 5.74) is 2.06. The number of halogens is 1. The van der Waals surface area contributed by atoms with Gasteiger partial charge in [-0.1, -0.05) is 76.1 Å². The predicted octanol–water partition coefficient (Wildman–Crippen LogP) is 6.25. The molecule has 160 valence electrons. The van der Waals surface area contributed by atoms with E-state index in [1.807, 2.05) is 18.2 Å². The first kappa shape index (κ1) is 22.0. The van der Waals surface area contributed by atoms with Crippen molar-refractivity contribution >= 4 is 16.9 Å². The zero-order valence-electron chi connectivity index (χ0n) is 17.9. The second-order valence-corrected chi connectivity index (χ2v) is 7.81. The number of hydrogen-bond acceptors (Lipinski definition) is 2. The number of carbonyl (C=O) groups excluding carboxylic acids is 1. The Balaban J connectivity index is 1.59. The van der Waals surface area contributed by atoms with Crippen molar-refractivity contribution in [2.45, 2.75) is 71.4 Å². The third-order valence-corrected chi connectivity index (χ3v) is 5.49. The van der Waals surface area contributed by atoms with Crippen LogP contribution in [0.1, 0.15) is 74.5 Å². The Labute approximate surface area is 178 Å². The van der Waals surface area contributed by atoms with Gasteiger partial charge in [0.15, 0.2) is 0 Å². The Kier molecular flexibility index (Phi) is 8.42. The number of carbonyl (C=O) groups is 1. The molecule has 0 atom stereocenters. The van der Waals surface area contributed by atoms with Crippen molar-refractivity contribution < 1.29 is 9.18 Å². The predicted molar refractivity (Wildman–Crippen MR) is 120 cm³/mol. The molecular weight excluding hydrogens is 377 g/mol. The van der Waals surface area contributed by atoms with Crippen LogP contribution in [0.5, 0.6) is 0 Å². The first-order chi connectivity index (χ1) is 14.7. The molecule has 4 nitrogen and oxygen atoms in total. The van der Waals surface area contributed by atoms with E-state index in [0.717, 1.165) is 29.8 Å². The summed E-state index contributed by atoms with van der Waals surface area (Å²) in [6.07, 6.45) is 10.1. The second kappa shape index (κ2) is 11.5. The van der Waals surface area contributed by atoms with Gasteiger partial charge in [-0.2, -0.15) is 0 Å². The normalized spacial score (nSPS) is 11.1. The van der Waals surface area contributed by atoms with Crippen molar-refractivity contribution in [2.24, 2.45) is 0 Å². The molecule has 0 saturated heterocycles. The Morgan fingerprint density at radius 2 is 1.60 bits per heavy atom. The SMILES string of the molecule is CCCCCCCCCCn1c(CNC(=O)c2ccccc2F)nc2ccccc21. The van der Waals surface area contributed by atoms with Gasteiger partial charge in [0.1, 0.15) is 11.6 Å². The van der Waals surface area contributed by atoms with Crippen LogP contribution in [0.3, 0.4) is 0 Å². The number of aromatic nitrogens is 2.